The van der Waals surface area contributed by atoms with Crippen LogP contribution in [0.4, 0.5) is 5.69 Å². The smallest absolute Gasteiger partial charge is 0.250 e. The Kier molecular flexibility index (Phi) is 4.76. The zero-order valence-corrected chi connectivity index (χ0v) is 12.5. The van der Waals surface area contributed by atoms with Crippen molar-refractivity contribution in [2.75, 3.05) is 5.32 Å². The maximum atomic E-state index is 11.4. The summed E-state index contributed by atoms with van der Waals surface area (Å²) in [6.45, 7) is 1.07. The van der Waals surface area contributed by atoms with E-state index in [2.05, 4.69) is 21.2 Å². The number of amides is 1. The first-order valence-corrected chi connectivity index (χ1v) is 7.01. The second kappa shape index (κ2) is 6.54. The van der Waals surface area contributed by atoms with Gasteiger partial charge in [0.05, 0.1) is 5.56 Å². The monoisotopic (exact) mass is 333 g/mol. The third-order valence-corrected chi connectivity index (χ3v) is 3.55. The second-order valence-electron chi connectivity index (χ2n) is 4.38. The molecule has 0 aliphatic carbocycles. The van der Waals surface area contributed by atoms with Gasteiger partial charge in [0.25, 0.3) is 5.91 Å². The minimum atomic E-state index is -0.452. The van der Waals surface area contributed by atoms with Crippen LogP contribution >= 0.6 is 15.9 Å². The van der Waals surface area contributed by atoms with Crippen molar-refractivity contribution in [3.8, 4) is 0 Å². The predicted octanol–water partition coefficient (Wildman–Crippen LogP) is 2.62. The molecule has 4 nitrogen and oxygen atoms in total. The number of halogens is 1. The fourth-order valence-electron chi connectivity index (χ4n) is 2.00. The molecule has 0 spiro atoms. The molecule has 0 unspecified atom stereocenters. The standard InChI is InChI=1S/C15H16BrN3O/c16-12-5-6-13(15(18)20)14(7-12)19-9-11-4-2-1-3-10(11)8-17/h1-7,19H,8-9,17H2,(H2,18,20). The molecule has 2 aromatic rings. The third kappa shape index (κ3) is 3.37. The van der Waals surface area contributed by atoms with E-state index in [4.69, 9.17) is 11.5 Å². The average molecular weight is 334 g/mol. The topological polar surface area (TPSA) is 81.1 Å². The summed E-state index contributed by atoms with van der Waals surface area (Å²) in [6.07, 6.45) is 0. The number of carbonyl (C=O) groups excluding carboxylic acids is 1. The van der Waals surface area contributed by atoms with Crippen molar-refractivity contribution in [2.24, 2.45) is 11.5 Å². The Morgan fingerprint density at radius 3 is 2.50 bits per heavy atom. The van der Waals surface area contributed by atoms with Crippen molar-refractivity contribution in [1.29, 1.82) is 0 Å². The summed E-state index contributed by atoms with van der Waals surface area (Å²) in [6, 6.07) is 13.3. The summed E-state index contributed by atoms with van der Waals surface area (Å²) in [5.74, 6) is -0.452. The van der Waals surface area contributed by atoms with E-state index >= 15 is 0 Å². The summed E-state index contributed by atoms with van der Waals surface area (Å²) in [5, 5.41) is 3.24. The van der Waals surface area contributed by atoms with E-state index in [-0.39, 0.29) is 0 Å². The molecule has 2 rings (SSSR count). The number of carbonyl (C=O) groups is 1. The second-order valence-corrected chi connectivity index (χ2v) is 5.30. The molecule has 5 heteroatoms. The predicted molar refractivity (Wildman–Crippen MR) is 84.3 cm³/mol. The first-order chi connectivity index (χ1) is 9.61. The quantitative estimate of drug-likeness (QED) is 0.786. The molecule has 0 saturated carbocycles. The van der Waals surface area contributed by atoms with Crippen LogP contribution in [0.15, 0.2) is 46.9 Å². The minimum absolute atomic E-state index is 0.452. The van der Waals surface area contributed by atoms with Gasteiger partial charge in [-0.05, 0) is 29.3 Å². The van der Waals surface area contributed by atoms with Crippen LogP contribution in [-0.4, -0.2) is 5.91 Å². The average Bonchev–Trinajstić information content (AvgIpc) is 2.45. The molecule has 20 heavy (non-hydrogen) atoms. The van der Waals surface area contributed by atoms with Gasteiger partial charge in [-0.1, -0.05) is 40.2 Å². The summed E-state index contributed by atoms with van der Waals surface area (Å²) < 4.78 is 0.886. The first-order valence-electron chi connectivity index (χ1n) is 6.22. The highest BCUT2D eigenvalue weighted by atomic mass is 79.9. The van der Waals surface area contributed by atoms with Crippen LogP contribution in [0.25, 0.3) is 0 Å². The first kappa shape index (κ1) is 14.6. The van der Waals surface area contributed by atoms with Gasteiger partial charge in [-0.2, -0.15) is 0 Å². The zero-order valence-electron chi connectivity index (χ0n) is 10.9. The molecule has 0 aromatic heterocycles. The molecule has 0 bridgehead atoms. The number of benzene rings is 2. The van der Waals surface area contributed by atoms with Crippen molar-refractivity contribution >= 4 is 27.5 Å². The lowest BCUT2D eigenvalue weighted by Crippen LogP contribution is -2.15. The highest BCUT2D eigenvalue weighted by Gasteiger charge is 2.09. The fraction of sp³-hybridized carbons (Fsp3) is 0.133. The molecule has 0 atom stereocenters. The van der Waals surface area contributed by atoms with Gasteiger partial charge in [0, 0.05) is 23.2 Å². The lowest BCUT2D eigenvalue weighted by molar-refractivity contribution is 0.100. The van der Waals surface area contributed by atoms with Gasteiger partial charge in [0.2, 0.25) is 0 Å². The van der Waals surface area contributed by atoms with Crippen molar-refractivity contribution in [1.82, 2.24) is 0 Å². The zero-order chi connectivity index (χ0) is 14.5. The Morgan fingerprint density at radius 1 is 1.15 bits per heavy atom. The van der Waals surface area contributed by atoms with E-state index in [9.17, 15) is 4.79 Å². The minimum Gasteiger partial charge on any atom is -0.380 e. The van der Waals surface area contributed by atoms with Gasteiger partial charge in [0.1, 0.15) is 0 Å². The maximum absolute atomic E-state index is 11.4. The van der Waals surface area contributed by atoms with Crippen molar-refractivity contribution in [3.05, 3.63) is 63.6 Å². The van der Waals surface area contributed by atoms with Crippen LogP contribution in [0.1, 0.15) is 21.5 Å². The molecule has 0 saturated heterocycles. The largest absolute Gasteiger partial charge is 0.380 e. The molecule has 0 aliphatic heterocycles. The van der Waals surface area contributed by atoms with Gasteiger partial charge >= 0.3 is 0 Å². The van der Waals surface area contributed by atoms with Crippen molar-refractivity contribution in [3.63, 3.8) is 0 Å². The van der Waals surface area contributed by atoms with E-state index in [1.165, 1.54) is 0 Å². The Balaban J connectivity index is 2.22. The highest BCUT2D eigenvalue weighted by molar-refractivity contribution is 9.10. The van der Waals surface area contributed by atoms with Crippen LogP contribution in [0.2, 0.25) is 0 Å². The number of hydrogen-bond acceptors (Lipinski definition) is 3. The van der Waals surface area contributed by atoms with Crippen LogP contribution in [-0.2, 0) is 13.1 Å². The van der Waals surface area contributed by atoms with Crippen LogP contribution in [0, 0.1) is 0 Å². The van der Waals surface area contributed by atoms with E-state index in [0.29, 0.717) is 24.3 Å². The Bertz CT molecular complexity index is 628. The van der Waals surface area contributed by atoms with Gasteiger partial charge in [0.15, 0.2) is 0 Å². The molecule has 5 N–H and O–H groups in total. The summed E-state index contributed by atoms with van der Waals surface area (Å²) in [7, 11) is 0. The van der Waals surface area contributed by atoms with Gasteiger partial charge < -0.3 is 16.8 Å². The number of primary amides is 1. The number of anilines is 1. The molecule has 0 radical (unpaired) electrons. The maximum Gasteiger partial charge on any atom is 0.250 e. The summed E-state index contributed by atoms with van der Waals surface area (Å²) >= 11 is 3.39. The van der Waals surface area contributed by atoms with Gasteiger partial charge in [-0.25, -0.2) is 0 Å². The molecule has 104 valence electrons. The van der Waals surface area contributed by atoms with Gasteiger partial charge in [-0.15, -0.1) is 0 Å². The fourth-order valence-corrected chi connectivity index (χ4v) is 2.36. The van der Waals surface area contributed by atoms with Crippen molar-refractivity contribution in [2.45, 2.75) is 13.1 Å². The molecular weight excluding hydrogens is 318 g/mol. The third-order valence-electron chi connectivity index (χ3n) is 3.05. The van der Waals surface area contributed by atoms with E-state index < -0.39 is 5.91 Å². The van der Waals surface area contributed by atoms with E-state index in [0.717, 1.165) is 15.6 Å². The van der Waals surface area contributed by atoms with Crippen molar-refractivity contribution < 1.29 is 4.79 Å². The Morgan fingerprint density at radius 2 is 1.85 bits per heavy atom. The molecule has 1 amide bonds. The van der Waals surface area contributed by atoms with Gasteiger partial charge in [-0.3, -0.25) is 4.79 Å². The normalized spacial score (nSPS) is 10.3. The Labute approximate surface area is 126 Å². The number of hydrogen-bond donors (Lipinski definition) is 3. The molecule has 0 aliphatic rings. The van der Waals surface area contributed by atoms with E-state index in [1.807, 2.05) is 30.3 Å². The number of nitrogens with two attached hydrogens (primary N) is 2. The van der Waals surface area contributed by atoms with Crippen LogP contribution in [0.3, 0.4) is 0 Å². The highest BCUT2D eigenvalue weighted by Crippen LogP contribution is 2.22. The van der Waals surface area contributed by atoms with E-state index in [1.54, 1.807) is 12.1 Å². The molecule has 0 fully saturated rings. The summed E-state index contributed by atoms with van der Waals surface area (Å²) in [5.41, 5.74) is 14.4. The molecule has 2 aromatic carbocycles. The SMILES string of the molecule is NCc1ccccc1CNc1cc(Br)ccc1C(N)=O. The lowest BCUT2D eigenvalue weighted by Gasteiger charge is -2.13. The molecule has 0 heterocycles. The summed E-state index contributed by atoms with van der Waals surface area (Å²) in [4.78, 5) is 11.4. The lowest BCUT2D eigenvalue weighted by atomic mass is 10.1. The van der Waals surface area contributed by atoms with Crippen LogP contribution < -0.4 is 16.8 Å². The Hall–Kier alpha value is -1.85. The number of rotatable bonds is 5. The van der Waals surface area contributed by atoms with Crippen LogP contribution in [0.5, 0.6) is 0 Å². The molecular formula is C15H16BrN3O. The number of nitrogens with one attached hydrogen (secondary N) is 1.